The zero-order valence-corrected chi connectivity index (χ0v) is 5.97. The van der Waals surface area contributed by atoms with Gasteiger partial charge in [0.25, 0.3) is 0 Å². The quantitative estimate of drug-likeness (QED) is 0.602. The van der Waals surface area contributed by atoms with Gasteiger partial charge in [0.05, 0.1) is 0 Å². The van der Waals surface area contributed by atoms with Crippen molar-refractivity contribution in [2.45, 2.75) is 38.5 Å². The van der Waals surface area contributed by atoms with E-state index in [1.165, 1.54) is 32.1 Å². The summed E-state index contributed by atoms with van der Waals surface area (Å²) in [5.74, 6) is 0.851. The average Bonchev–Trinajstić information content (AvgIpc) is 1.91. The van der Waals surface area contributed by atoms with Gasteiger partial charge in [0.15, 0.2) is 0 Å². The molecular formula is C8H16O. The minimum Gasteiger partial charge on any atom is -0.396 e. The Kier molecular flexibility index (Phi) is 3.05. The van der Waals surface area contributed by atoms with Crippen molar-refractivity contribution >= 4 is 0 Å². The predicted octanol–water partition coefficient (Wildman–Crippen LogP) is 1.95. The second-order valence-electron chi connectivity index (χ2n) is 3.02. The van der Waals surface area contributed by atoms with Gasteiger partial charge in [-0.15, -0.1) is 0 Å². The van der Waals surface area contributed by atoms with Crippen LogP contribution in [0.25, 0.3) is 0 Å². The SMILES string of the molecule is OCCC1CCCCC1. The molecule has 9 heavy (non-hydrogen) atoms. The number of hydrogen-bond donors (Lipinski definition) is 1. The first-order valence-electron chi connectivity index (χ1n) is 4.04. The molecule has 1 aliphatic carbocycles. The third kappa shape index (κ3) is 2.35. The lowest BCUT2D eigenvalue weighted by Crippen LogP contribution is -2.07. The van der Waals surface area contributed by atoms with Crippen molar-refractivity contribution in [1.82, 2.24) is 0 Å². The van der Waals surface area contributed by atoms with Crippen LogP contribution in [0.2, 0.25) is 0 Å². The number of rotatable bonds is 2. The maximum absolute atomic E-state index is 8.62. The van der Waals surface area contributed by atoms with E-state index in [1.54, 1.807) is 0 Å². The van der Waals surface area contributed by atoms with E-state index in [1.807, 2.05) is 0 Å². The maximum Gasteiger partial charge on any atom is 0.0433 e. The zero-order valence-electron chi connectivity index (χ0n) is 5.97. The van der Waals surface area contributed by atoms with Gasteiger partial charge < -0.3 is 5.11 Å². The molecule has 0 aliphatic heterocycles. The predicted molar refractivity (Wildman–Crippen MR) is 38.3 cm³/mol. The molecule has 0 bridgehead atoms. The summed E-state index contributed by atoms with van der Waals surface area (Å²) >= 11 is 0. The number of aliphatic hydroxyl groups is 1. The first kappa shape index (κ1) is 7.07. The molecule has 1 N–H and O–H groups in total. The van der Waals surface area contributed by atoms with E-state index >= 15 is 0 Å². The maximum atomic E-state index is 8.62. The summed E-state index contributed by atoms with van der Waals surface area (Å²) in [6.07, 6.45) is 7.97. The summed E-state index contributed by atoms with van der Waals surface area (Å²) in [6, 6.07) is 0. The van der Waals surface area contributed by atoms with Crippen LogP contribution in [0.5, 0.6) is 0 Å². The molecule has 0 atom stereocenters. The van der Waals surface area contributed by atoms with Crippen LogP contribution in [0.15, 0.2) is 0 Å². The Morgan fingerprint density at radius 2 is 1.78 bits per heavy atom. The standard InChI is InChI=1S/C8H16O/c9-7-6-8-4-2-1-3-5-8/h8-9H,1-7H2. The molecule has 0 saturated heterocycles. The van der Waals surface area contributed by atoms with Crippen molar-refractivity contribution in [3.8, 4) is 0 Å². The van der Waals surface area contributed by atoms with Crippen molar-refractivity contribution in [3.63, 3.8) is 0 Å². The molecule has 0 amide bonds. The highest BCUT2D eigenvalue weighted by Crippen LogP contribution is 2.25. The summed E-state index contributed by atoms with van der Waals surface area (Å²) in [5.41, 5.74) is 0. The van der Waals surface area contributed by atoms with Crippen LogP contribution < -0.4 is 0 Å². The molecule has 0 radical (unpaired) electrons. The van der Waals surface area contributed by atoms with Crippen molar-refractivity contribution in [2.75, 3.05) is 6.61 Å². The second kappa shape index (κ2) is 3.89. The summed E-state index contributed by atoms with van der Waals surface area (Å²) in [7, 11) is 0. The van der Waals surface area contributed by atoms with Gasteiger partial charge in [-0.1, -0.05) is 32.1 Å². The Morgan fingerprint density at radius 3 is 2.33 bits per heavy atom. The largest absolute Gasteiger partial charge is 0.396 e. The average molecular weight is 128 g/mol. The van der Waals surface area contributed by atoms with Crippen LogP contribution in [0.1, 0.15) is 38.5 Å². The van der Waals surface area contributed by atoms with Crippen molar-refractivity contribution < 1.29 is 5.11 Å². The lowest BCUT2D eigenvalue weighted by atomic mass is 9.87. The van der Waals surface area contributed by atoms with Crippen LogP contribution in [-0.2, 0) is 0 Å². The molecule has 1 fully saturated rings. The Labute approximate surface area is 57.1 Å². The Morgan fingerprint density at radius 1 is 1.11 bits per heavy atom. The molecule has 0 aromatic heterocycles. The van der Waals surface area contributed by atoms with E-state index in [-0.39, 0.29) is 0 Å². The fourth-order valence-corrected chi connectivity index (χ4v) is 1.66. The van der Waals surface area contributed by atoms with E-state index in [0.717, 1.165) is 12.3 Å². The van der Waals surface area contributed by atoms with Crippen molar-refractivity contribution in [2.24, 2.45) is 5.92 Å². The van der Waals surface area contributed by atoms with E-state index in [4.69, 9.17) is 5.11 Å². The van der Waals surface area contributed by atoms with Gasteiger partial charge in [-0.3, -0.25) is 0 Å². The minimum atomic E-state index is 0.394. The lowest BCUT2D eigenvalue weighted by Gasteiger charge is -2.19. The highest BCUT2D eigenvalue weighted by molar-refractivity contribution is 4.64. The first-order chi connectivity index (χ1) is 4.43. The van der Waals surface area contributed by atoms with Crippen molar-refractivity contribution in [3.05, 3.63) is 0 Å². The molecule has 1 heteroatoms. The van der Waals surface area contributed by atoms with Crippen LogP contribution in [0.4, 0.5) is 0 Å². The van der Waals surface area contributed by atoms with Gasteiger partial charge in [0.2, 0.25) is 0 Å². The van der Waals surface area contributed by atoms with Crippen LogP contribution in [0, 0.1) is 5.92 Å². The van der Waals surface area contributed by atoms with Gasteiger partial charge in [-0.05, 0) is 12.3 Å². The molecular weight excluding hydrogens is 112 g/mol. The van der Waals surface area contributed by atoms with E-state index in [0.29, 0.717) is 6.61 Å². The molecule has 54 valence electrons. The van der Waals surface area contributed by atoms with Crippen LogP contribution in [0.3, 0.4) is 0 Å². The Hall–Kier alpha value is -0.0400. The molecule has 0 heterocycles. The molecule has 0 unspecified atom stereocenters. The summed E-state index contributed by atoms with van der Waals surface area (Å²) in [6.45, 7) is 0.394. The number of hydrogen-bond acceptors (Lipinski definition) is 1. The molecule has 0 spiro atoms. The smallest absolute Gasteiger partial charge is 0.0433 e. The van der Waals surface area contributed by atoms with Gasteiger partial charge in [-0.2, -0.15) is 0 Å². The molecule has 1 saturated carbocycles. The van der Waals surface area contributed by atoms with E-state index < -0.39 is 0 Å². The van der Waals surface area contributed by atoms with E-state index in [9.17, 15) is 0 Å². The summed E-state index contributed by atoms with van der Waals surface area (Å²) in [5, 5.41) is 8.62. The van der Waals surface area contributed by atoms with Gasteiger partial charge >= 0.3 is 0 Å². The molecule has 1 rings (SSSR count). The topological polar surface area (TPSA) is 20.2 Å². The van der Waals surface area contributed by atoms with Gasteiger partial charge in [0, 0.05) is 6.61 Å². The highest BCUT2D eigenvalue weighted by Gasteiger charge is 2.11. The zero-order chi connectivity index (χ0) is 6.53. The van der Waals surface area contributed by atoms with E-state index in [2.05, 4.69) is 0 Å². The monoisotopic (exact) mass is 128 g/mol. The minimum absolute atomic E-state index is 0.394. The molecule has 1 nitrogen and oxygen atoms in total. The fourth-order valence-electron chi connectivity index (χ4n) is 1.66. The normalized spacial score (nSPS) is 22.3. The second-order valence-corrected chi connectivity index (χ2v) is 3.02. The molecule has 1 aliphatic rings. The molecule has 0 aromatic rings. The highest BCUT2D eigenvalue weighted by atomic mass is 16.3. The van der Waals surface area contributed by atoms with Gasteiger partial charge in [0.1, 0.15) is 0 Å². The van der Waals surface area contributed by atoms with Crippen LogP contribution >= 0.6 is 0 Å². The third-order valence-corrected chi connectivity index (χ3v) is 2.26. The summed E-state index contributed by atoms with van der Waals surface area (Å²) < 4.78 is 0. The van der Waals surface area contributed by atoms with Gasteiger partial charge in [-0.25, -0.2) is 0 Å². The van der Waals surface area contributed by atoms with Crippen LogP contribution in [-0.4, -0.2) is 11.7 Å². The summed E-state index contributed by atoms with van der Waals surface area (Å²) in [4.78, 5) is 0. The lowest BCUT2D eigenvalue weighted by molar-refractivity contribution is 0.230. The Bertz CT molecular complexity index is 62.2. The Balaban J connectivity index is 2.08. The third-order valence-electron chi connectivity index (χ3n) is 2.26. The first-order valence-corrected chi connectivity index (χ1v) is 4.04. The fraction of sp³-hybridized carbons (Fsp3) is 1.00. The van der Waals surface area contributed by atoms with Crippen molar-refractivity contribution in [1.29, 1.82) is 0 Å². The number of aliphatic hydroxyl groups excluding tert-OH is 1. The molecule has 0 aromatic carbocycles.